The van der Waals surface area contributed by atoms with Gasteiger partial charge in [0.15, 0.2) is 6.10 Å². The van der Waals surface area contributed by atoms with Crippen LogP contribution in [-0.2, 0) is 22.4 Å². The molecule has 8 nitrogen and oxygen atoms in total. The van der Waals surface area contributed by atoms with Crippen molar-refractivity contribution in [2.75, 3.05) is 24.6 Å². The van der Waals surface area contributed by atoms with Crippen LogP contribution in [0.25, 0.3) is 22.7 Å². The van der Waals surface area contributed by atoms with Crippen molar-refractivity contribution in [1.29, 1.82) is 0 Å². The third kappa shape index (κ3) is 9.29. The largest absolute Gasteiger partial charge is 0.493 e. The molecule has 1 saturated heterocycles. The standard InChI is InChI=1S/C43H47F2N3O5/c1-27-35(39(41(49)50)53-42(2,3)4)38(48-22-20-43(5,6)21-23-48)36(30-11-17-33(18-12-30)51-24-19-28-7-13-31(44)14-8-28)37(47-27)40-46-26-34(52-40)25-29-9-15-32(45)16-10-29/h7-18,26,39H,19-25H2,1-6H3,(H,49,50)/t39-/m0/s1. The lowest BCUT2D eigenvalue weighted by molar-refractivity contribution is -0.160. The van der Waals surface area contributed by atoms with Crippen LogP contribution in [0.5, 0.6) is 5.75 Å². The summed E-state index contributed by atoms with van der Waals surface area (Å²) in [5.74, 6) is -0.190. The van der Waals surface area contributed by atoms with E-state index in [1.807, 2.05) is 52.0 Å². The van der Waals surface area contributed by atoms with Crippen LogP contribution in [0.2, 0.25) is 0 Å². The van der Waals surface area contributed by atoms with E-state index in [-0.39, 0.29) is 22.9 Å². The fraction of sp³-hybridized carbons (Fsp3) is 0.372. The summed E-state index contributed by atoms with van der Waals surface area (Å²) in [6.45, 7) is 13.6. The summed E-state index contributed by atoms with van der Waals surface area (Å²) in [4.78, 5) is 25.1. The second-order valence-electron chi connectivity index (χ2n) is 15.5. The highest BCUT2D eigenvalue weighted by Crippen LogP contribution is 2.47. The monoisotopic (exact) mass is 723 g/mol. The van der Waals surface area contributed by atoms with Crippen LogP contribution in [0.3, 0.4) is 0 Å². The quantitative estimate of drug-likeness (QED) is 0.136. The van der Waals surface area contributed by atoms with Gasteiger partial charge >= 0.3 is 5.97 Å². The number of hydrogen-bond donors (Lipinski definition) is 1. The van der Waals surface area contributed by atoms with Crippen LogP contribution in [0.15, 0.2) is 83.4 Å². The van der Waals surface area contributed by atoms with E-state index in [1.165, 1.54) is 24.3 Å². The Morgan fingerprint density at radius 3 is 2.13 bits per heavy atom. The van der Waals surface area contributed by atoms with Gasteiger partial charge in [-0.3, -0.25) is 0 Å². The average Bonchev–Trinajstić information content (AvgIpc) is 3.57. The van der Waals surface area contributed by atoms with Gasteiger partial charge in [0.1, 0.15) is 28.8 Å². The van der Waals surface area contributed by atoms with Gasteiger partial charge in [-0.2, -0.15) is 0 Å². The van der Waals surface area contributed by atoms with Gasteiger partial charge in [-0.25, -0.2) is 23.5 Å². The number of piperidine rings is 1. The highest BCUT2D eigenvalue weighted by Gasteiger charge is 2.37. The molecule has 1 aliphatic heterocycles. The molecule has 0 spiro atoms. The minimum atomic E-state index is -1.30. The first-order valence-electron chi connectivity index (χ1n) is 18.0. The summed E-state index contributed by atoms with van der Waals surface area (Å²) < 4.78 is 45.7. The van der Waals surface area contributed by atoms with Crippen molar-refractivity contribution < 1.29 is 32.6 Å². The first-order valence-corrected chi connectivity index (χ1v) is 18.0. The number of pyridine rings is 1. The molecule has 278 valence electrons. The number of aliphatic carboxylic acids is 1. The van der Waals surface area contributed by atoms with Crippen molar-refractivity contribution in [3.05, 3.63) is 119 Å². The number of aromatic nitrogens is 2. The van der Waals surface area contributed by atoms with Crippen molar-refractivity contribution in [2.45, 2.75) is 78.9 Å². The summed E-state index contributed by atoms with van der Waals surface area (Å²) in [5, 5.41) is 10.7. The number of hydrogen-bond acceptors (Lipinski definition) is 7. The van der Waals surface area contributed by atoms with Gasteiger partial charge in [0.2, 0.25) is 5.89 Å². The number of halogens is 2. The molecule has 1 fully saturated rings. The molecule has 0 unspecified atom stereocenters. The molecule has 5 aromatic rings. The fourth-order valence-electron chi connectivity index (χ4n) is 6.65. The van der Waals surface area contributed by atoms with Gasteiger partial charge in [-0.1, -0.05) is 50.2 Å². The minimum Gasteiger partial charge on any atom is -0.493 e. The van der Waals surface area contributed by atoms with Crippen molar-refractivity contribution >= 4 is 11.7 Å². The van der Waals surface area contributed by atoms with Crippen LogP contribution in [-0.4, -0.2) is 46.3 Å². The first-order chi connectivity index (χ1) is 25.2. The number of ether oxygens (including phenoxy) is 2. The first kappa shape index (κ1) is 37.7. The SMILES string of the molecule is Cc1nc(-c2ncc(Cc3ccc(F)cc3)o2)c(-c2ccc(OCCc3ccc(F)cc3)cc2)c(N2CCC(C)(C)CC2)c1[C@H](OC(C)(C)C)C(=O)O. The van der Waals surface area contributed by atoms with E-state index in [0.717, 1.165) is 35.2 Å². The molecule has 0 saturated carbocycles. The Balaban J connectivity index is 1.47. The molecule has 6 rings (SSSR count). The predicted octanol–water partition coefficient (Wildman–Crippen LogP) is 9.77. The van der Waals surface area contributed by atoms with E-state index in [1.54, 1.807) is 30.5 Å². The summed E-state index contributed by atoms with van der Waals surface area (Å²) in [6, 6.07) is 20.2. The molecule has 3 heterocycles. The Bertz CT molecular complexity index is 2030. The molecular weight excluding hydrogens is 676 g/mol. The molecule has 2 aromatic heterocycles. The lowest BCUT2D eigenvalue weighted by Crippen LogP contribution is -2.39. The van der Waals surface area contributed by atoms with Crippen LogP contribution >= 0.6 is 0 Å². The van der Waals surface area contributed by atoms with Gasteiger partial charge < -0.3 is 23.9 Å². The maximum atomic E-state index is 13.6. The number of carboxylic acid groups (broad SMARTS) is 1. The molecule has 10 heteroatoms. The van der Waals surface area contributed by atoms with Crippen molar-refractivity contribution in [2.24, 2.45) is 5.41 Å². The zero-order valence-electron chi connectivity index (χ0n) is 31.2. The highest BCUT2D eigenvalue weighted by atomic mass is 19.1. The predicted molar refractivity (Wildman–Crippen MR) is 201 cm³/mol. The smallest absolute Gasteiger partial charge is 0.337 e. The number of rotatable bonds is 12. The van der Waals surface area contributed by atoms with Gasteiger partial charge in [0, 0.05) is 42.8 Å². The lowest BCUT2D eigenvalue weighted by Gasteiger charge is -2.41. The summed E-state index contributed by atoms with van der Waals surface area (Å²) >= 11 is 0. The summed E-state index contributed by atoms with van der Waals surface area (Å²) in [6.07, 6.45) is 3.18. The third-order valence-corrected chi connectivity index (χ3v) is 9.55. The van der Waals surface area contributed by atoms with Gasteiger partial charge in [-0.15, -0.1) is 0 Å². The Hall–Kier alpha value is -5.09. The molecule has 0 amide bonds. The van der Waals surface area contributed by atoms with Crippen molar-refractivity contribution in [1.82, 2.24) is 9.97 Å². The maximum absolute atomic E-state index is 13.6. The summed E-state index contributed by atoms with van der Waals surface area (Å²) in [5.41, 5.74) is 4.84. The number of anilines is 1. The van der Waals surface area contributed by atoms with E-state index < -0.39 is 17.7 Å². The zero-order chi connectivity index (χ0) is 37.9. The molecule has 0 aliphatic carbocycles. The number of benzene rings is 3. The van der Waals surface area contributed by atoms with E-state index in [2.05, 4.69) is 23.7 Å². The molecule has 1 N–H and O–H groups in total. The van der Waals surface area contributed by atoms with Crippen molar-refractivity contribution in [3.8, 4) is 28.5 Å². The zero-order valence-corrected chi connectivity index (χ0v) is 31.2. The molecule has 1 atom stereocenters. The molecule has 1 aliphatic rings. The molecule has 0 bridgehead atoms. The van der Waals surface area contributed by atoms with E-state index >= 15 is 0 Å². The van der Waals surface area contributed by atoms with E-state index in [0.29, 0.717) is 66.6 Å². The number of oxazole rings is 1. The third-order valence-electron chi connectivity index (χ3n) is 9.55. The minimum absolute atomic E-state index is 0.126. The molecule has 53 heavy (non-hydrogen) atoms. The van der Waals surface area contributed by atoms with Crippen LogP contribution in [0.4, 0.5) is 14.5 Å². The second-order valence-corrected chi connectivity index (χ2v) is 15.5. The van der Waals surface area contributed by atoms with Crippen LogP contribution in [0, 0.1) is 24.0 Å². The normalized spacial score (nSPS) is 15.0. The Morgan fingerprint density at radius 1 is 0.943 bits per heavy atom. The topological polar surface area (TPSA) is 97.9 Å². The van der Waals surface area contributed by atoms with Gasteiger partial charge in [0.25, 0.3) is 0 Å². The molecule has 3 aromatic carbocycles. The number of carboxylic acids is 1. The lowest BCUT2D eigenvalue weighted by atomic mass is 9.81. The van der Waals surface area contributed by atoms with E-state index in [4.69, 9.17) is 18.9 Å². The average molecular weight is 724 g/mol. The molecular formula is C43H47F2N3O5. The Kier molecular flexibility index (Phi) is 11.0. The van der Waals surface area contributed by atoms with Crippen LogP contribution < -0.4 is 9.64 Å². The Labute approximate surface area is 309 Å². The maximum Gasteiger partial charge on any atom is 0.337 e. The highest BCUT2D eigenvalue weighted by molar-refractivity contribution is 5.93. The fourth-order valence-corrected chi connectivity index (χ4v) is 6.65. The van der Waals surface area contributed by atoms with E-state index in [9.17, 15) is 18.7 Å². The number of aryl methyl sites for hydroxylation is 1. The number of carbonyl (C=O) groups is 1. The van der Waals surface area contributed by atoms with Gasteiger partial charge in [-0.05, 0) is 99.0 Å². The van der Waals surface area contributed by atoms with Crippen molar-refractivity contribution in [3.63, 3.8) is 0 Å². The summed E-state index contributed by atoms with van der Waals surface area (Å²) in [7, 11) is 0. The Morgan fingerprint density at radius 2 is 1.55 bits per heavy atom. The molecule has 0 radical (unpaired) electrons. The van der Waals surface area contributed by atoms with Crippen LogP contribution in [0.1, 0.15) is 81.7 Å². The second kappa shape index (κ2) is 15.5. The number of nitrogens with zero attached hydrogens (tertiary/aromatic N) is 3. The van der Waals surface area contributed by atoms with Gasteiger partial charge in [0.05, 0.1) is 24.1 Å².